The van der Waals surface area contributed by atoms with E-state index in [0.717, 1.165) is 30.5 Å². The first kappa shape index (κ1) is 18.6. The maximum absolute atomic E-state index is 13.2. The van der Waals surface area contributed by atoms with Gasteiger partial charge in [0.2, 0.25) is 5.91 Å². The molecule has 0 aliphatic carbocycles. The van der Waals surface area contributed by atoms with Crippen LogP contribution < -0.4 is 0 Å². The number of nitrogens with zero attached hydrogens (tertiary/aromatic N) is 2. The van der Waals surface area contributed by atoms with Crippen molar-refractivity contribution in [3.8, 4) is 0 Å². The van der Waals surface area contributed by atoms with Crippen LogP contribution in [0.1, 0.15) is 30.0 Å². The molecule has 2 saturated heterocycles. The molecule has 0 aromatic heterocycles. The van der Waals surface area contributed by atoms with Crippen molar-refractivity contribution in [2.75, 3.05) is 13.1 Å². The molecule has 2 aromatic rings. The standard InChI is InChI=1S/C21H22N2O2.ClH/c24-20-18-12-7-14-22(18)19(17-10-5-2-6-11-17)21(25)23(20)15-13-16-8-3-1-4-9-16;/h1-6,8-11,18-19H,7,12-15H2;1H/t18-,19-;/m0./s1. The Morgan fingerprint density at radius 2 is 1.54 bits per heavy atom. The smallest absolute Gasteiger partial charge is 0.251 e. The first-order valence-electron chi connectivity index (χ1n) is 8.95. The van der Waals surface area contributed by atoms with Gasteiger partial charge in [0.15, 0.2) is 0 Å². The summed E-state index contributed by atoms with van der Waals surface area (Å²) in [6.07, 6.45) is 2.52. The van der Waals surface area contributed by atoms with Gasteiger partial charge in [-0.05, 0) is 30.4 Å². The number of halogens is 1. The molecule has 26 heavy (non-hydrogen) atoms. The van der Waals surface area contributed by atoms with Gasteiger partial charge >= 0.3 is 0 Å². The maximum atomic E-state index is 13.2. The second kappa shape index (κ2) is 8.02. The lowest BCUT2D eigenvalue weighted by Gasteiger charge is -2.41. The molecular weight excluding hydrogens is 348 g/mol. The predicted molar refractivity (Wildman–Crippen MR) is 103 cm³/mol. The van der Waals surface area contributed by atoms with Crippen molar-refractivity contribution in [1.82, 2.24) is 9.80 Å². The minimum Gasteiger partial charge on any atom is -0.279 e. The highest BCUT2D eigenvalue weighted by Gasteiger charge is 2.48. The molecule has 2 aliphatic heterocycles. The third-order valence-corrected chi connectivity index (χ3v) is 5.26. The van der Waals surface area contributed by atoms with Gasteiger partial charge in [-0.15, -0.1) is 12.4 Å². The van der Waals surface area contributed by atoms with Crippen LogP contribution in [0.5, 0.6) is 0 Å². The monoisotopic (exact) mass is 370 g/mol. The molecule has 4 nitrogen and oxygen atoms in total. The van der Waals surface area contributed by atoms with Crippen molar-refractivity contribution >= 4 is 24.2 Å². The van der Waals surface area contributed by atoms with E-state index in [2.05, 4.69) is 4.90 Å². The van der Waals surface area contributed by atoms with Crippen LogP contribution in [0.4, 0.5) is 0 Å². The minimum absolute atomic E-state index is 0. The van der Waals surface area contributed by atoms with Crippen LogP contribution >= 0.6 is 12.4 Å². The molecule has 0 saturated carbocycles. The number of carbonyl (C=O) groups excluding carboxylic acids is 2. The second-order valence-electron chi connectivity index (χ2n) is 6.77. The van der Waals surface area contributed by atoms with Gasteiger partial charge < -0.3 is 0 Å². The molecule has 0 N–H and O–H groups in total. The Kier molecular flexibility index (Phi) is 5.74. The van der Waals surface area contributed by atoms with Gasteiger partial charge in [0.05, 0.1) is 6.04 Å². The zero-order valence-corrected chi connectivity index (χ0v) is 15.4. The molecule has 2 fully saturated rings. The molecule has 0 spiro atoms. The third kappa shape index (κ3) is 3.39. The topological polar surface area (TPSA) is 40.6 Å². The van der Waals surface area contributed by atoms with E-state index in [9.17, 15) is 9.59 Å². The molecule has 0 radical (unpaired) electrons. The Morgan fingerprint density at radius 3 is 2.23 bits per heavy atom. The van der Waals surface area contributed by atoms with Gasteiger partial charge in [0.25, 0.3) is 5.91 Å². The molecule has 136 valence electrons. The normalized spacial score (nSPS) is 22.8. The Bertz CT molecular complexity index is 766. The summed E-state index contributed by atoms with van der Waals surface area (Å²) < 4.78 is 0. The summed E-state index contributed by atoms with van der Waals surface area (Å²) in [5.41, 5.74) is 2.13. The van der Waals surface area contributed by atoms with Gasteiger partial charge in [-0.1, -0.05) is 60.7 Å². The van der Waals surface area contributed by atoms with Gasteiger partial charge in [0, 0.05) is 13.1 Å². The first-order valence-corrected chi connectivity index (χ1v) is 8.95. The summed E-state index contributed by atoms with van der Waals surface area (Å²) >= 11 is 0. The summed E-state index contributed by atoms with van der Waals surface area (Å²) in [4.78, 5) is 29.6. The molecule has 0 unspecified atom stereocenters. The lowest BCUT2D eigenvalue weighted by molar-refractivity contribution is -0.159. The van der Waals surface area contributed by atoms with Gasteiger partial charge in [-0.2, -0.15) is 0 Å². The van der Waals surface area contributed by atoms with Crippen LogP contribution in [0, 0.1) is 0 Å². The largest absolute Gasteiger partial charge is 0.279 e. The van der Waals surface area contributed by atoms with E-state index in [-0.39, 0.29) is 36.3 Å². The second-order valence-corrected chi connectivity index (χ2v) is 6.77. The number of hydrogen-bond donors (Lipinski definition) is 0. The quantitative estimate of drug-likeness (QED) is 0.776. The van der Waals surface area contributed by atoms with E-state index >= 15 is 0 Å². The van der Waals surface area contributed by atoms with E-state index in [1.54, 1.807) is 0 Å². The SMILES string of the molecule is Cl.O=C1[C@H](c2ccccc2)N2CCC[C@H]2C(=O)N1CCc1ccccc1. The summed E-state index contributed by atoms with van der Waals surface area (Å²) in [6, 6.07) is 19.4. The molecule has 5 heteroatoms. The van der Waals surface area contributed by atoms with Crippen molar-refractivity contribution < 1.29 is 9.59 Å². The number of piperazine rings is 1. The van der Waals surface area contributed by atoms with Gasteiger partial charge in [-0.25, -0.2) is 0 Å². The van der Waals surface area contributed by atoms with Crippen molar-refractivity contribution in [3.63, 3.8) is 0 Å². The highest BCUT2D eigenvalue weighted by atomic mass is 35.5. The summed E-state index contributed by atoms with van der Waals surface area (Å²) in [7, 11) is 0. The van der Waals surface area contributed by atoms with E-state index < -0.39 is 0 Å². The molecule has 2 heterocycles. The van der Waals surface area contributed by atoms with E-state index in [1.807, 2.05) is 60.7 Å². The lowest BCUT2D eigenvalue weighted by atomic mass is 9.98. The van der Waals surface area contributed by atoms with Crippen molar-refractivity contribution in [2.24, 2.45) is 0 Å². The number of amides is 2. The molecule has 0 bridgehead atoms. The molecule has 2 amide bonds. The van der Waals surface area contributed by atoms with Crippen LogP contribution in [-0.4, -0.2) is 40.7 Å². The summed E-state index contributed by atoms with van der Waals surface area (Å²) in [6.45, 7) is 1.27. The van der Waals surface area contributed by atoms with Crippen molar-refractivity contribution in [2.45, 2.75) is 31.3 Å². The fourth-order valence-corrected chi connectivity index (χ4v) is 4.02. The fourth-order valence-electron chi connectivity index (χ4n) is 4.02. The number of carbonyl (C=O) groups is 2. The molecule has 2 aliphatic rings. The number of benzene rings is 2. The number of rotatable bonds is 4. The maximum Gasteiger partial charge on any atom is 0.251 e. The highest BCUT2D eigenvalue weighted by molar-refractivity contribution is 6.03. The highest BCUT2D eigenvalue weighted by Crippen LogP contribution is 2.36. The van der Waals surface area contributed by atoms with Gasteiger partial charge in [-0.3, -0.25) is 19.4 Å². The zero-order valence-electron chi connectivity index (χ0n) is 14.6. The Morgan fingerprint density at radius 1 is 0.885 bits per heavy atom. The first-order chi connectivity index (χ1) is 12.3. The van der Waals surface area contributed by atoms with Gasteiger partial charge in [0.1, 0.15) is 6.04 Å². The number of hydrogen-bond acceptors (Lipinski definition) is 3. The van der Waals surface area contributed by atoms with Crippen LogP contribution in [-0.2, 0) is 16.0 Å². The predicted octanol–water partition coefficient (Wildman–Crippen LogP) is 3.23. The molecular formula is C21H23ClN2O2. The average Bonchev–Trinajstić information content (AvgIpc) is 3.13. The van der Waals surface area contributed by atoms with Crippen LogP contribution in [0.25, 0.3) is 0 Å². The van der Waals surface area contributed by atoms with E-state index in [1.165, 1.54) is 4.90 Å². The molecule has 4 rings (SSSR count). The summed E-state index contributed by atoms with van der Waals surface area (Å²) in [5.74, 6) is -0.101. The van der Waals surface area contributed by atoms with Crippen molar-refractivity contribution in [1.29, 1.82) is 0 Å². The Hall–Kier alpha value is -2.17. The summed E-state index contributed by atoms with van der Waals surface area (Å²) in [5, 5.41) is 0. The average molecular weight is 371 g/mol. The number of fused-ring (bicyclic) bond motifs is 1. The van der Waals surface area contributed by atoms with E-state index in [4.69, 9.17) is 0 Å². The van der Waals surface area contributed by atoms with Crippen LogP contribution in [0.15, 0.2) is 60.7 Å². The minimum atomic E-state index is -0.331. The Balaban J connectivity index is 0.00000196. The lowest BCUT2D eigenvalue weighted by Crippen LogP contribution is -2.59. The van der Waals surface area contributed by atoms with Crippen LogP contribution in [0.2, 0.25) is 0 Å². The van der Waals surface area contributed by atoms with Crippen molar-refractivity contribution in [3.05, 3.63) is 71.8 Å². The van der Waals surface area contributed by atoms with E-state index in [0.29, 0.717) is 13.0 Å². The third-order valence-electron chi connectivity index (χ3n) is 5.26. The Labute approximate surface area is 160 Å². The van der Waals surface area contributed by atoms with Crippen LogP contribution in [0.3, 0.4) is 0 Å². The zero-order chi connectivity index (χ0) is 17.2. The fraction of sp³-hybridized carbons (Fsp3) is 0.333. The molecule has 2 atom stereocenters. The number of imide groups is 1. The molecule has 2 aromatic carbocycles.